The van der Waals surface area contributed by atoms with Crippen molar-refractivity contribution in [2.45, 2.75) is 32.0 Å². The number of nitrogens with zero attached hydrogens (tertiary/aromatic N) is 2. The molecule has 0 spiro atoms. The summed E-state index contributed by atoms with van der Waals surface area (Å²) in [5, 5.41) is 12.7. The zero-order chi connectivity index (χ0) is 13.2. The van der Waals surface area contributed by atoms with Gasteiger partial charge < -0.3 is 15.0 Å². The fourth-order valence-corrected chi connectivity index (χ4v) is 2.50. The first-order valence-corrected chi connectivity index (χ1v) is 7.21. The first-order valence-electron chi connectivity index (χ1n) is 6.42. The van der Waals surface area contributed by atoms with E-state index in [1.54, 1.807) is 0 Å². The molecule has 0 atom stereocenters. The molecule has 19 heavy (non-hydrogen) atoms. The van der Waals surface area contributed by atoms with Crippen LogP contribution in [-0.4, -0.2) is 14.7 Å². The number of hydrogen-bond acceptors (Lipinski definition) is 3. The van der Waals surface area contributed by atoms with Crippen LogP contribution >= 0.6 is 15.9 Å². The zero-order valence-corrected chi connectivity index (χ0v) is 12.1. The van der Waals surface area contributed by atoms with Gasteiger partial charge in [0, 0.05) is 28.0 Å². The third kappa shape index (κ3) is 2.98. The van der Waals surface area contributed by atoms with Gasteiger partial charge in [0.25, 0.3) is 0 Å². The number of rotatable bonds is 5. The molecule has 0 saturated heterocycles. The summed E-state index contributed by atoms with van der Waals surface area (Å²) >= 11 is 3.40. The number of nitrogens with one attached hydrogen (secondary N) is 1. The van der Waals surface area contributed by atoms with Crippen LogP contribution in [0.1, 0.15) is 30.1 Å². The van der Waals surface area contributed by atoms with Crippen molar-refractivity contribution in [3.63, 3.8) is 0 Å². The minimum atomic E-state index is 0.0261. The van der Waals surface area contributed by atoms with Crippen molar-refractivity contribution in [1.82, 2.24) is 9.55 Å². The monoisotopic (exact) mass is 321 g/mol. The van der Waals surface area contributed by atoms with Crippen molar-refractivity contribution in [2.75, 3.05) is 5.32 Å². The average Bonchev–Trinajstić information content (AvgIpc) is 3.17. The van der Waals surface area contributed by atoms with Gasteiger partial charge in [-0.1, -0.05) is 15.9 Å². The molecule has 1 heterocycles. The third-order valence-electron chi connectivity index (χ3n) is 3.32. The molecule has 1 aromatic carbocycles. The van der Waals surface area contributed by atoms with E-state index in [9.17, 15) is 5.11 Å². The smallest absolute Gasteiger partial charge is 0.0952 e. The average molecular weight is 322 g/mol. The van der Waals surface area contributed by atoms with Gasteiger partial charge in [-0.3, -0.25) is 0 Å². The summed E-state index contributed by atoms with van der Waals surface area (Å²) in [5.41, 5.74) is 2.86. The standard InChI is InChI=1S/C14H16BrN3O/c15-11-1-4-14(10(5-11)8-19)16-6-12-7-18(9-17-12)13-2-3-13/h1,4-5,7,9,13,16,19H,2-3,6,8H2. The van der Waals surface area contributed by atoms with E-state index in [2.05, 4.69) is 37.0 Å². The molecule has 4 nitrogen and oxygen atoms in total. The molecule has 1 fully saturated rings. The van der Waals surface area contributed by atoms with Crippen LogP contribution in [0.5, 0.6) is 0 Å². The van der Waals surface area contributed by atoms with E-state index < -0.39 is 0 Å². The van der Waals surface area contributed by atoms with Crippen molar-refractivity contribution in [3.05, 3.63) is 46.5 Å². The lowest BCUT2D eigenvalue weighted by Gasteiger charge is -2.09. The van der Waals surface area contributed by atoms with Crippen LogP contribution in [0.15, 0.2) is 35.2 Å². The highest BCUT2D eigenvalue weighted by molar-refractivity contribution is 9.10. The molecule has 3 rings (SSSR count). The lowest BCUT2D eigenvalue weighted by atomic mass is 10.2. The molecule has 2 aromatic rings. The zero-order valence-electron chi connectivity index (χ0n) is 10.5. The molecular formula is C14H16BrN3O. The Hall–Kier alpha value is -1.33. The Kier molecular flexibility index (Phi) is 3.57. The Morgan fingerprint density at radius 2 is 2.26 bits per heavy atom. The quantitative estimate of drug-likeness (QED) is 0.889. The number of anilines is 1. The van der Waals surface area contributed by atoms with Gasteiger partial charge in [-0.05, 0) is 31.0 Å². The van der Waals surface area contributed by atoms with Gasteiger partial charge in [0.05, 0.1) is 25.2 Å². The van der Waals surface area contributed by atoms with Crippen LogP contribution in [0.4, 0.5) is 5.69 Å². The lowest BCUT2D eigenvalue weighted by Crippen LogP contribution is -2.03. The van der Waals surface area contributed by atoms with E-state index in [1.165, 1.54) is 12.8 Å². The van der Waals surface area contributed by atoms with Gasteiger partial charge in [0.2, 0.25) is 0 Å². The van der Waals surface area contributed by atoms with Crippen LogP contribution < -0.4 is 5.32 Å². The molecule has 2 N–H and O–H groups in total. The van der Waals surface area contributed by atoms with Crippen molar-refractivity contribution >= 4 is 21.6 Å². The van der Waals surface area contributed by atoms with E-state index in [0.29, 0.717) is 12.6 Å². The molecule has 100 valence electrons. The van der Waals surface area contributed by atoms with E-state index >= 15 is 0 Å². The van der Waals surface area contributed by atoms with Crippen molar-refractivity contribution in [3.8, 4) is 0 Å². The molecule has 1 aromatic heterocycles. The highest BCUT2D eigenvalue weighted by Crippen LogP contribution is 2.34. The topological polar surface area (TPSA) is 50.1 Å². The number of aliphatic hydroxyl groups excluding tert-OH is 1. The van der Waals surface area contributed by atoms with E-state index in [0.717, 1.165) is 21.4 Å². The van der Waals surface area contributed by atoms with Crippen molar-refractivity contribution in [1.29, 1.82) is 0 Å². The molecule has 0 amide bonds. The lowest BCUT2D eigenvalue weighted by molar-refractivity contribution is 0.282. The Balaban J connectivity index is 1.67. The molecule has 0 aliphatic heterocycles. The fraction of sp³-hybridized carbons (Fsp3) is 0.357. The Morgan fingerprint density at radius 1 is 1.42 bits per heavy atom. The molecular weight excluding hydrogens is 306 g/mol. The molecule has 1 saturated carbocycles. The molecule has 1 aliphatic carbocycles. The summed E-state index contributed by atoms with van der Waals surface area (Å²) in [6.07, 6.45) is 6.54. The number of aliphatic hydroxyl groups is 1. The maximum absolute atomic E-state index is 9.34. The minimum absolute atomic E-state index is 0.0261. The predicted octanol–water partition coefficient (Wildman–Crippen LogP) is 3.08. The first kappa shape index (κ1) is 12.7. The SMILES string of the molecule is OCc1cc(Br)ccc1NCc1cn(C2CC2)cn1. The fourth-order valence-electron chi connectivity index (χ4n) is 2.09. The highest BCUT2D eigenvalue weighted by Gasteiger charge is 2.23. The molecule has 5 heteroatoms. The minimum Gasteiger partial charge on any atom is -0.392 e. The van der Waals surface area contributed by atoms with Crippen LogP contribution in [0, 0.1) is 0 Å². The third-order valence-corrected chi connectivity index (χ3v) is 3.81. The summed E-state index contributed by atoms with van der Waals surface area (Å²) in [6.45, 7) is 0.701. The Morgan fingerprint density at radius 3 is 3.00 bits per heavy atom. The van der Waals surface area contributed by atoms with Crippen LogP contribution in [0.25, 0.3) is 0 Å². The van der Waals surface area contributed by atoms with Gasteiger partial charge in [0.15, 0.2) is 0 Å². The summed E-state index contributed by atoms with van der Waals surface area (Å²) in [4.78, 5) is 4.39. The van der Waals surface area contributed by atoms with E-state index in [1.807, 2.05) is 24.5 Å². The summed E-state index contributed by atoms with van der Waals surface area (Å²) in [5.74, 6) is 0. The molecule has 0 bridgehead atoms. The largest absolute Gasteiger partial charge is 0.392 e. The Bertz CT molecular complexity index is 578. The molecule has 0 unspecified atom stereocenters. The second kappa shape index (κ2) is 5.35. The summed E-state index contributed by atoms with van der Waals surface area (Å²) in [6, 6.07) is 6.52. The van der Waals surface area contributed by atoms with Crippen LogP contribution in [0.3, 0.4) is 0 Å². The maximum Gasteiger partial charge on any atom is 0.0952 e. The normalized spacial score (nSPS) is 14.6. The van der Waals surface area contributed by atoms with Crippen molar-refractivity contribution < 1.29 is 5.11 Å². The van der Waals surface area contributed by atoms with Gasteiger partial charge in [-0.25, -0.2) is 4.98 Å². The van der Waals surface area contributed by atoms with Crippen molar-refractivity contribution in [2.24, 2.45) is 0 Å². The van der Waals surface area contributed by atoms with Gasteiger partial charge in [-0.15, -0.1) is 0 Å². The number of hydrogen-bond donors (Lipinski definition) is 2. The van der Waals surface area contributed by atoms with E-state index in [4.69, 9.17) is 0 Å². The highest BCUT2D eigenvalue weighted by atomic mass is 79.9. The first-order chi connectivity index (χ1) is 9.26. The number of benzene rings is 1. The summed E-state index contributed by atoms with van der Waals surface area (Å²) < 4.78 is 3.16. The van der Waals surface area contributed by atoms with Gasteiger partial charge in [0.1, 0.15) is 0 Å². The van der Waals surface area contributed by atoms with Gasteiger partial charge >= 0.3 is 0 Å². The van der Waals surface area contributed by atoms with Crippen LogP contribution in [-0.2, 0) is 13.2 Å². The summed E-state index contributed by atoms with van der Waals surface area (Å²) in [7, 11) is 0. The molecule has 1 aliphatic rings. The van der Waals surface area contributed by atoms with Gasteiger partial charge in [-0.2, -0.15) is 0 Å². The second-order valence-corrected chi connectivity index (χ2v) is 5.77. The second-order valence-electron chi connectivity index (χ2n) is 4.86. The predicted molar refractivity (Wildman–Crippen MR) is 77.9 cm³/mol. The number of imidazole rings is 1. The Labute approximate surface area is 120 Å². The maximum atomic E-state index is 9.34. The van der Waals surface area contributed by atoms with E-state index in [-0.39, 0.29) is 6.61 Å². The molecule has 0 radical (unpaired) electrons. The van der Waals surface area contributed by atoms with Crippen LogP contribution in [0.2, 0.25) is 0 Å². The number of halogens is 1. The number of aromatic nitrogens is 2.